The van der Waals surface area contributed by atoms with Gasteiger partial charge in [-0.1, -0.05) is 67.6 Å². The molecule has 1 amide bonds. The molecule has 8 heteroatoms. The second kappa shape index (κ2) is 12.1. The number of nitrogens with one attached hydrogen (secondary N) is 1. The Hall–Kier alpha value is -3.91. The first-order valence-corrected chi connectivity index (χ1v) is 13.1. The quantitative estimate of drug-likeness (QED) is 0.271. The summed E-state index contributed by atoms with van der Waals surface area (Å²) in [7, 11) is 0. The van der Waals surface area contributed by atoms with E-state index in [1.54, 1.807) is 0 Å². The van der Waals surface area contributed by atoms with Crippen molar-refractivity contribution in [2.75, 3.05) is 5.32 Å². The largest absolute Gasteiger partial charge is 0.505 e. The third-order valence-corrected chi connectivity index (χ3v) is 7.17. The Kier molecular flexibility index (Phi) is 8.63. The molecule has 5 N–H and O–H groups in total. The first-order valence-electron chi connectivity index (χ1n) is 13.1. The van der Waals surface area contributed by atoms with Crippen molar-refractivity contribution in [3.8, 4) is 5.75 Å². The van der Waals surface area contributed by atoms with Crippen LogP contribution in [0.1, 0.15) is 73.3 Å². The number of anilines is 1. The predicted octanol–water partition coefficient (Wildman–Crippen LogP) is 4.75. The van der Waals surface area contributed by atoms with E-state index >= 15 is 0 Å². The minimum Gasteiger partial charge on any atom is -0.505 e. The van der Waals surface area contributed by atoms with Crippen molar-refractivity contribution in [3.63, 3.8) is 0 Å². The molecule has 38 heavy (non-hydrogen) atoms. The van der Waals surface area contributed by atoms with Crippen LogP contribution in [0.4, 0.5) is 5.69 Å². The summed E-state index contributed by atoms with van der Waals surface area (Å²) in [5, 5.41) is 22.9. The monoisotopic (exact) mass is 518 g/mol. The SMILES string of the molecule is CCC(Cc1ccccc1)c1oc(=O)c(NC(=O)[C@@H](N)CCC(=O)O)c(O)c1C(c1ccccc1)C1CC1. The Morgan fingerprint density at radius 2 is 1.71 bits per heavy atom. The van der Waals surface area contributed by atoms with Gasteiger partial charge in [-0.2, -0.15) is 0 Å². The summed E-state index contributed by atoms with van der Waals surface area (Å²) in [5.41, 5.74) is 7.21. The number of hydrogen-bond donors (Lipinski definition) is 4. The van der Waals surface area contributed by atoms with E-state index in [0.717, 1.165) is 24.0 Å². The molecule has 3 aromatic rings. The van der Waals surface area contributed by atoms with Crippen LogP contribution in [-0.2, 0) is 16.0 Å². The number of carboxylic acids is 1. The molecular formula is C30H34N2O6. The number of rotatable bonds is 12. The van der Waals surface area contributed by atoms with Crippen molar-refractivity contribution in [2.45, 2.75) is 63.3 Å². The molecule has 0 radical (unpaired) electrons. The van der Waals surface area contributed by atoms with Crippen molar-refractivity contribution in [1.29, 1.82) is 0 Å². The van der Waals surface area contributed by atoms with E-state index in [-0.39, 0.29) is 42.0 Å². The molecule has 4 rings (SSSR count). The zero-order chi connectivity index (χ0) is 27.2. The van der Waals surface area contributed by atoms with E-state index in [9.17, 15) is 19.5 Å². The molecule has 0 spiro atoms. The molecular weight excluding hydrogens is 484 g/mol. The zero-order valence-corrected chi connectivity index (χ0v) is 21.4. The summed E-state index contributed by atoms with van der Waals surface area (Å²) in [6.45, 7) is 2.01. The number of carboxylic acid groups (broad SMARTS) is 1. The van der Waals surface area contributed by atoms with Crippen molar-refractivity contribution < 1.29 is 24.2 Å². The van der Waals surface area contributed by atoms with E-state index < -0.39 is 23.5 Å². The Morgan fingerprint density at radius 1 is 1.08 bits per heavy atom. The number of aromatic hydroxyl groups is 1. The average molecular weight is 519 g/mol. The first kappa shape index (κ1) is 27.1. The first-order chi connectivity index (χ1) is 18.3. The second-order valence-corrected chi connectivity index (χ2v) is 9.94. The molecule has 3 atom stereocenters. The highest BCUT2D eigenvalue weighted by Gasteiger charge is 2.40. The minimum atomic E-state index is -1.16. The van der Waals surface area contributed by atoms with Gasteiger partial charge in [0.05, 0.1) is 6.04 Å². The van der Waals surface area contributed by atoms with Crippen LogP contribution >= 0.6 is 0 Å². The van der Waals surface area contributed by atoms with Gasteiger partial charge in [0.25, 0.3) is 0 Å². The zero-order valence-electron chi connectivity index (χ0n) is 21.4. The van der Waals surface area contributed by atoms with E-state index in [2.05, 4.69) is 5.32 Å². The highest BCUT2D eigenvalue weighted by Crippen LogP contribution is 2.52. The molecule has 200 valence electrons. The van der Waals surface area contributed by atoms with Gasteiger partial charge in [0, 0.05) is 23.8 Å². The number of carbonyl (C=O) groups is 2. The van der Waals surface area contributed by atoms with Crippen molar-refractivity contribution in [1.82, 2.24) is 0 Å². The molecule has 8 nitrogen and oxygen atoms in total. The highest BCUT2D eigenvalue weighted by molar-refractivity contribution is 5.96. The van der Waals surface area contributed by atoms with Crippen molar-refractivity contribution in [2.24, 2.45) is 11.7 Å². The molecule has 1 saturated carbocycles. The van der Waals surface area contributed by atoms with Crippen LogP contribution in [-0.4, -0.2) is 28.1 Å². The molecule has 1 aromatic heterocycles. The van der Waals surface area contributed by atoms with Gasteiger partial charge >= 0.3 is 11.6 Å². The summed E-state index contributed by atoms with van der Waals surface area (Å²) in [6, 6.07) is 18.5. The maximum atomic E-state index is 13.2. The fraction of sp³-hybridized carbons (Fsp3) is 0.367. The third kappa shape index (κ3) is 6.31. The number of aliphatic carboxylic acids is 1. The number of nitrogens with two attached hydrogens (primary N) is 1. The number of amides is 1. The van der Waals surface area contributed by atoms with Crippen molar-refractivity contribution >= 4 is 17.6 Å². The Balaban J connectivity index is 1.81. The van der Waals surface area contributed by atoms with Crippen LogP contribution in [0.25, 0.3) is 0 Å². The molecule has 2 aromatic carbocycles. The molecule has 0 saturated heterocycles. The molecule has 1 heterocycles. The highest BCUT2D eigenvalue weighted by atomic mass is 16.4. The van der Waals surface area contributed by atoms with Gasteiger partial charge in [0.1, 0.15) is 5.76 Å². The summed E-state index contributed by atoms with van der Waals surface area (Å²) in [4.78, 5) is 36.8. The fourth-order valence-corrected chi connectivity index (χ4v) is 4.98. The molecule has 1 fully saturated rings. The standard InChI is InChI=1S/C30H34N2O6/c1-2-19(17-18-9-5-3-6-10-18)28-25(24(21-13-14-21)20-11-7-4-8-12-20)27(35)26(30(37)38-28)32-29(36)22(31)15-16-23(33)34/h3-12,19,21-22,24,35H,2,13-17,31H2,1H3,(H,32,36)(H,33,34)/t19?,22-,24?/m0/s1. The van der Waals surface area contributed by atoms with Crippen LogP contribution in [0.5, 0.6) is 5.75 Å². The van der Waals surface area contributed by atoms with Gasteiger partial charge in [-0.05, 0) is 49.1 Å². The van der Waals surface area contributed by atoms with Crippen LogP contribution < -0.4 is 16.7 Å². The topological polar surface area (TPSA) is 143 Å². The molecule has 0 aliphatic heterocycles. The predicted molar refractivity (Wildman–Crippen MR) is 144 cm³/mol. The number of carbonyl (C=O) groups excluding carboxylic acids is 1. The lowest BCUT2D eigenvalue weighted by Crippen LogP contribution is -2.37. The Bertz CT molecular complexity index is 1320. The Morgan fingerprint density at radius 3 is 2.29 bits per heavy atom. The van der Waals surface area contributed by atoms with E-state index in [1.165, 1.54) is 0 Å². The van der Waals surface area contributed by atoms with Gasteiger partial charge < -0.3 is 25.7 Å². The summed E-state index contributed by atoms with van der Waals surface area (Å²) < 4.78 is 5.94. The van der Waals surface area contributed by atoms with Gasteiger partial charge in [0.2, 0.25) is 5.91 Å². The summed E-state index contributed by atoms with van der Waals surface area (Å²) >= 11 is 0. The van der Waals surface area contributed by atoms with Crippen molar-refractivity contribution in [3.05, 3.63) is 93.5 Å². The van der Waals surface area contributed by atoms with Gasteiger partial charge in [-0.3, -0.25) is 9.59 Å². The number of benzene rings is 2. The maximum absolute atomic E-state index is 13.2. The lowest BCUT2D eigenvalue weighted by atomic mass is 9.81. The van der Waals surface area contributed by atoms with Gasteiger partial charge in [-0.15, -0.1) is 0 Å². The van der Waals surface area contributed by atoms with Crippen LogP contribution in [0.15, 0.2) is 69.9 Å². The van der Waals surface area contributed by atoms with E-state index in [1.807, 2.05) is 67.6 Å². The Labute approximate surface area is 221 Å². The van der Waals surface area contributed by atoms with E-state index in [0.29, 0.717) is 24.2 Å². The fourth-order valence-electron chi connectivity index (χ4n) is 4.98. The van der Waals surface area contributed by atoms with Crippen LogP contribution in [0, 0.1) is 5.92 Å². The second-order valence-electron chi connectivity index (χ2n) is 9.94. The lowest BCUT2D eigenvalue weighted by molar-refractivity contribution is -0.137. The molecule has 1 aliphatic rings. The number of hydrogen-bond acceptors (Lipinski definition) is 6. The molecule has 2 unspecified atom stereocenters. The summed E-state index contributed by atoms with van der Waals surface area (Å²) in [6.07, 6.45) is 2.81. The average Bonchev–Trinajstić information content (AvgIpc) is 3.76. The lowest BCUT2D eigenvalue weighted by Gasteiger charge is -2.26. The third-order valence-electron chi connectivity index (χ3n) is 7.17. The normalized spacial score (nSPS) is 15.4. The molecule has 0 bridgehead atoms. The van der Waals surface area contributed by atoms with Crippen LogP contribution in [0.2, 0.25) is 0 Å². The molecule has 1 aliphatic carbocycles. The maximum Gasteiger partial charge on any atom is 0.363 e. The van der Waals surface area contributed by atoms with Gasteiger partial charge in [-0.25, -0.2) is 4.79 Å². The minimum absolute atomic E-state index is 0.109. The van der Waals surface area contributed by atoms with Gasteiger partial charge in [0.15, 0.2) is 11.4 Å². The van der Waals surface area contributed by atoms with Crippen LogP contribution in [0.3, 0.4) is 0 Å². The summed E-state index contributed by atoms with van der Waals surface area (Å²) in [5.74, 6) is -1.89. The smallest absolute Gasteiger partial charge is 0.363 e. The van der Waals surface area contributed by atoms with E-state index in [4.69, 9.17) is 15.3 Å².